The highest BCUT2D eigenvalue weighted by molar-refractivity contribution is 5.60. The van der Waals surface area contributed by atoms with Crippen molar-refractivity contribution in [1.82, 2.24) is 10.6 Å². The first-order valence-electron chi connectivity index (χ1n) is 4.99. The van der Waals surface area contributed by atoms with E-state index >= 15 is 0 Å². The number of rotatable bonds is 2. The lowest BCUT2D eigenvalue weighted by molar-refractivity contribution is -0.110. The molecule has 4 heteroatoms. The molecule has 0 aliphatic carbocycles. The minimum Gasteiger partial charge on any atom is -0.307 e. The summed E-state index contributed by atoms with van der Waals surface area (Å²) in [5.74, 6) is -0.259. The fourth-order valence-electron chi connectivity index (χ4n) is 1.83. The molecule has 1 aliphatic heterocycles. The lowest BCUT2D eigenvalue weighted by Crippen LogP contribution is -2.51. The standard InChI is InChI=1S/C11H13FN2O/c12-9-3-1-8(2-4-9)11-10(7-15)13-5-6-14-11/h1-4,7,10-11,13-14H,5-6H2. The molecule has 1 saturated heterocycles. The normalized spacial score (nSPS) is 26.2. The number of aldehydes is 1. The second-order valence-electron chi connectivity index (χ2n) is 3.60. The summed E-state index contributed by atoms with van der Waals surface area (Å²) in [4.78, 5) is 10.8. The van der Waals surface area contributed by atoms with Crippen LogP contribution in [0.4, 0.5) is 4.39 Å². The van der Waals surface area contributed by atoms with Crippen molar-refractivity contribution in [3.63, 3.8) is 0 Å². The SMILES string of the molecule is O=CC1NCCNC1c1ccc(F)cc1. The number of hydrogen-bond donors (Lipinski definition) is 2. The molecule has 0 amide bonds. The molecular formula is C11H13FN2O. The predicted molar refractivity (Wildman–Crippen MR) is 55.0 cm³/mol. The van der Waals surface area contributed by atoms with Crippen LogP contribution in [0.5, 0.6) is 0 Å². The minimum absolute atomic E-state index is 0.0585. The van der Waals surface area contributed by atoms with E-state index < -0.39 is 0 Å². The van der Waals surface area contributed by atoms with Gasteiger partial charge in [0.15, 0.2) is 0 Å². The molecule has 2 atom stereocenters. The van der Waals surface area contributed by atoms with Gasteiger partial charge in [0.25, 0.3) is 0 Å². The summed E-state index contributed by atoms with van der Waals surface area (Å²) in [6.45, 7) is 1.59. The second-order valence-corrected chi connectivity index (χ2v) is 3.60. The molecule has 2 unspecified atom stereocenters. The quantitative estimate of drug-likeness (QED) is 0.700. The predicted octanol–water partition coefficient (Wildman–Crippen LogP) is 0.627. The fourth-order valence-corrected chi connectivity index (χ4v) is 1.83. The van der Waals surface area contributed by atoms with E-state index in [4.69, 9.17) is 0 Å². The van der Waals surface area contributed by atoms with Gasteiger partial charge in [-0.1, -0.05) is 12.1 Å². The number of carbonyl (C=O) groups excluding carboxylic acids is 1. The van der Waals surface area contributed by atoms with Crippen LogP contribution in [-0.2, 0) is 4.79 Å². The molecule has 0 aromatic heterocycles. The summed E-state index contributed by atoms with van der Waals surface area (Å²) in [6.07, 6.45) is 0.889. The molecule has 0 bridgehead atoms. The smallest absolute Gasteiger partial charge is 0.138 e. The summed E-state index contributed by atoms with van der Waals surface area (Å²) in [5, 5.41) is 6.35. The van der Waals surface area contributed by atoms with Crippen molar-refractivity contribution in [2.24, 2.45) is 0 Å². The van der Waals surface area contributed by atoms with Gasteiger partial charge >= 0.3 is 0 Å². The van der Waals surface area contributed by atoms with Crippen LogP contribution in [0.15, 0.2) is 24.3 Å². The third kappa shape index (κ3) is 2.22. The largest absolute Gasteiger partial charge is 0.307 e. The number of nitrogens with one attached hydrogen (secondary N) is 2. The van der Waals surface area contributed by atoms with Crippen molar-refractivity contribution < 1.29 is 9.18 Å². The third-order valence-electron chi connectivity index (χ3n) is 2.60. The Balaban J connectivity index is 2.20. The van der Waals surface area contributed by atoms with E-state index in [-0.39, 0.29) is 17.9 Å². The van der Waals surface area contributed by atoms with Gasteiger partial charge in [0, 0.05) is 13.1 Å². The van der Waals surface area contributed by atoms with Crippen molar-refractivity contribution in [3.8, 4) is 0 Å². The van der Waals surface area contributed by atoms with Crippen LogP contribution in [0.3, 0.4) is 0 Å². The maximum absolute atomic E-state index is 12.7. The van der Waals surface area contributed by atoms with E-state index in [2.05, 4.69) is 10.6 Å². The summed E-state index contributed by atoms with van der Waals surface area (Å²) in [7, 11) is 0. The van der Waals surface area contributed by atoms with E-state index in [9.17, 15) is 9.18 Å². The zero-order valence-electron chi connectivity index (χ0n) is 8.24. The highest BCUT2D eigenvalue weighted by Gasteiger charge is 2.24. The number of carbonyl (C=O) groups is 1. The van der Waals surface area contributed by atoms with Gasteiger partial charge in [-0.15, -0.1) is 0 Å². The van der Waals surface area contributed by atoms with E-state index in [1.165, 1.54) is 12.1 Å². The zero-order valence-corrected chi connectivity index (χ0v) is 8.24. The molecule has 1 heterocycles. The Bertz CT molecular complexity index is 339. The van der Waals surface area contributed by atoms with Crippen molar-refractivity contribution in [1.29, 1.82) is 0 Å². The van der Waals surface area contributed by atoms with Crippen molar-refractivity contribution in [2.75, 3.05) is 13.1 Å². The second kappa shape index (κ2) is 4.51. The molecule has 0 saturated carbocycles. The molecule has 1 aromatic rings. The molecule has 2 rings (SSSR count). The van der Waals surface area contributed by atoms with E-state index in [0.717, 1.165) is 24.9 Å². The Morgan fingerprint density at radius 1 is 1.20 bits per heavy atom. The summed E-state index contributed by atoms with van der Waals surface area (Å²) >= 11 is 0. The monoisotopic (exact) mass is 208 g/mol. The van der Waals surface area contributed by atoms with Gasteiger partial charge in [-0.05, 0) is 17.7 Å². The first kappa shape index (κ1) is 10.3. The fraction of sp³-hybridized carbons (Fsp3) is 0.364. The number of benzene rings is 1. The van der Waals surface area contributed by atoms with Crippen LogP contribution in [0, 0.1) is 5.82 Å². The van der Waals surface area contributed by atoms with Crippen molar-refractivity contribution in [3.05, 3.63) is 35.6 Å². The zero-order chi connectivity index (χ0) is 10.7. The first-order chi connectivity index (χ1) is 7.31. The molecule has 15 heavy (non-hydrogen) atoms. The Morgan fingerprint density at radius 3 is 2.53 bits per heavy atom. The van der Waals surface area contributed by atoms with Gasteiger partial charge < -0.3 is 15.4 Å². The van der Waals surface area contributed by atoms with Crippen LogP contribution in [0.25, 0.3) is 0 Å². The molecule has 2 N–H and O–H groups in total. The van der Waals surface area contributed by atoms with E-state index in [1.807, 2.05) is 0 Å². The lowest BCUT2D eigenvalue weighted by Gasteiger charge is -2.30. The Hall–Kier alpha value is -1.26. The molecule has 80 valence electrons. The van der Waals surface area contributed by atoms with Gasteiger partial charge in [-0.25, -0.2) is 4.39 Å². The summed E-state index contributed by atoms with van der Waals surface area (Å²) in [5.41, 5.74) is 0.931. The minimum atomic E-state index is -0.259. The molecule has 1 aromatic carbocycles. The molecule has 1 fully saturated rings. The van der Waals surface area contributed by atoms with Crippen molar-refractivity contribution >= 4 is 6.29 Å². The Morgan fingerprint density at radius 2 is 1.87 bits per heavy atom. The number of halogens is 1. The Kier molecular flexibility index (Phi) is 3.08. The molecule has 0 radical (unpaired) electrons. The van der Waals surface area contributed by atoms with Crippen molar-refractivity contribution in [2.45, 2.75) is 12.1 Å². The molecular weight excluding hydrogens is 195 g/mol. The van der Waals surface area contributed by atoms with E-state index in [0.29, 0.717) is 0 Å². The van der Waals surface area contributed by atoms with Gasteiger partial charge in [0.05, 0.1) is 12.1 Å². The van der Waals surface area contributed by atoms with Gasteiger partial charge in [-0.3, -0.25) is 0 Å². The number of piperazine rings is 1. The van der Waals surface area contributed by atoms with E-state index in [1.54, 1.807) is 12.1 Å². The van der Waals surface area contributed by atoms with Gasteiger partial charge in [-0.2, -0.15) is 0 Å². The van der Waals surface area contributed by atoms with Crippen LogP contribution < -0.4 is 10.6 Å². The molecule has 1 aliphatic rings. The summed E-state index contributed by atoms with van der Waals surface area (Å²) < 4.78 is 12.7. The highest BCUT2D eigenvalue weighted by Crippen LogP contribution is 2.18. The third-order valence-corrected chi connectivity index (χ3v) is 2.60. The average molecular weight is 208 g/mol. The summed E-state index contributed by atoms with van der Waals surface area (Å²) in [6, 6.07) is 5.94. The van der Waals surface area contributed by atoms with Crippen LogP contribution in [0.2, 0.25) is 0 Å². The van der Waals surface area contributed by atoms with Crippen LogP contribution in [-0.4, -0.2) is 25.4 Å². The maximum Gasteiger partial charge on any atom is 0.138 e. The first-order valence-corrected chi connectivity index (χ1v) is 4.99. The number of hydrogen-bond acceptors (Lipinski definition) is 3. The Labute approximate surface area is 87.7 Å². The average Bonchev–Trinajstić information content (AvgIpc) is 2.30. The highest BCUT2D eigenvalue weighted by atomic mass is 19.1. The van der Waals surface area contributed by atoms with Crippen LogP contribution in [0.1, 0.15) is 11.6 Å². The maximum atomic E-state index is 12.7. The lowest BCUT2D eigenvalue weighted by atomic mass is 9.98. The topological polar surface area (TPSA) is 41.1 Å². The van der Waals surface area contributed by atoms with Crippen LogP contribution >= 0.6 is 0 Å². The molecule has 0 spiro atoms. The molecule has 3 nitrogen and oxygen atoms in total. The van der Waals surface area contributed by atoms with Gasteiger partial charge in [0.1, 0.15) is 12.1 Å². The van der Waals surface area contributed by atoms with Gasteiger partial charge in [0.2, 0.25) is 0 Å².